The molecule has 0 saturated carbocycles. The molecule has 2 amide bonds. The molecule has 11 heteroatoms. The highest BCUT2D eigenvalue weighted by Crippen LogP contribution is 2.27. The quantitative estimate of drug-likeness (QED) is 0.270. The molecule has 226 valence electrons. The summed E-state index contributed by atoms with van der Waals surface area (Å²) in [5.41, 5.74) is 1.01. The van der Waals surface area contributed by atoms with Crippen LogP contribution in [0.5, 0.6) is 11.5 Å². The van der Waals surface area contributed by atoms with E-state index in [4.69, 9.17) is 21.1 Å². The molecule has 0 saturated heterocycles. The van der Waals surface area contributed by atoms with Crippen molar-refractivity contribution in [3.8, 4) is 11.5 Å². The Balaban J connectivity index is 2.04. The van der Waals surface area contributed by atoms with Gasteiger partial charge in [0.15, 0.2) is 0 Å². The van der Waals surface area contributed by atoms with Crippen LogP contribution in [0.1, 0.15) is 32.8 Å². The fourth-order valence-corrected chi connectivity index (χ4v) is 5.82. The normalized spacial score (nSPS) is 12.0. The van der Waals surface area contributed by atoms with Crippen LogP contribution in [0, 0.1) is 5.92 Å². The Morgan fingerprint density at radius 3 is 1.93 bits per heavy atom. The van der Waals surface area contributed by atoms with Crippen LogP contribution in [-0.2, 0) is 26.2 Å². The van der Waals surface area contributed by atoms with Crippen LogP contribution in [0.25, 0.3) is 0 Å². The summed E-state index contributed by atoms with van der Waals surface area (Å²) in [4.78, 5) is 28.8. The van der Waals surface area contributed by atoms with Crippen LogP contribution in [0.15, 0.2) is 77.7 Å². The largest absolute Gasteiger partial charge is 0.497 e. The summed E-state index contributed by atoms with van der Waals surface area (Å²) < 4.78 is 39.3. The number of sulfonamides is 1. The van der Waals surface area contributed by atoms with Gasteiger partial charge in [0.25, 0.3) is 10.0 Å². The lowest BCUT2D eigenvalue weighted by Crippen LogP contribution is -2.52. The lowest BCUT2D eigenvalue weighted by atomic mass is 10.1. The van der Waals surface area contributed by atoms with Gasteiger partial charge in [-0.25, -0.2) is 8.42 Å². The number of halogens is 1. The van der Waals surface area contributed by atoms with E-state index in [0.717, 1.165) is 9.87 Å². The summed E-state index contributed by atoms with van der Waals surface area (Å²) in [7, 11) is -1.16. The minimum absolute atomic E-state index is 0.0190. The third kappa shape index (κ3) is 8.39. The molecule has 3 aromatic carbocycles. The monoisotopic (exact) mass is 615 g/mol. The van der Waals surface area contributed by atoms with Gasteiger partial charge in [0, 0.05) is 18.1 Å². The molecule has 3 aromatic rings. The maximum atomic E-state index is 14.1. The number of carbonyl (C=O) groups excluding carboxylic acids is 2. The number of nitrogens with zero attached hydrogens (tertiary/aromatic N) is 2. The number of anilines is 1. The summed E-state index contributed by atoms with van der Waals surface area (Å²) in [6.07, 6.45) is 0.331. The van der Waals surface area contributed by atoms with Crippen molar-refractivity contribution >= 4 is 39.1 Å². The van der Waals surface area contributed by atoms with Gasteiger partial charge in [-0.1, -0.05) is 44.5 Å². The first-order valence-corrected chi connectivity index (χ1v) is 15.4. The minimum Gasteiger partial charge on any atom is -0.497 e. The standard InChI is InChI=1S/C31H38ClN3O6S/c1-6-29(31(37)33-19-22(2)3)34(20-23-7-13-26(40-4)14-8-23)30(36)21-35(25-11-9-24(32)10-12-25)42(38,39)28-17-15-27(41-5)16-18-28/h7-18,22,29H,6,19-21H2,1-5H3,(H,33,37). The van der Waals surface area contributed by atoms with Crippen LogP contribution in [0.2, 0.25) is 5.02 Å². The van der Waals surface area contributed by atoms with E-state index in [0.29, 0.717) is 29.5 Å². The second-order valence-electron chi connectivity index (χ2n) is 10.1. The van der Waals surface area contributed by atoms with Gasteiger partial charge in [0.1, 0.15) is 24.1 Å². The molecule has 0 fully saturated rings. The summed E-state index contributed by atoms with van der Waals surface area (Å²) >= 11 is 6.09. The highest BCUT2D eigenvalue weighted by atomic mass is 35.5. The van der Waals surface area contributed by atoms with Crippen LogP contribution in [0.3, 0.4) is 0 Å². The molecule has 0 aromatic heterocycles. The number of carbonyl (C=O) groups is 2. The fourth-order valence-electron chi connectivity index (χ4n) is 4.28. The number of benzene rings is 3. The zero-order valence-corrected chi connectivity index (χ0v) is 26.1. The molecular weight excluding hydrogens is 578 g/mol. The number of methoxy groups -OCH3 is 2. The van der Waals surface area contributed by atoms with Gasteiger partial charge in [-0.2, -0.15) is 0 Å². The zero-order chi connectivity index (χ0) is 30.9. The van der Waals surface area contributed by atoms with E-state index in [-0.39, 0.29) is 29.0 Å². The predicted octanol–water partition coefficient (Wildman–Crippen LogP) is 5.13. The SMILES string of the molecule is CCC(C(=O)NCC(C)C)N(Cc1ccc(OC)cc1)C(=O)CN(c1ccc(Cl)cc1)S(=O)(=O)c1ccc(OC)cc1. The molecule has 42 heavy (non-hydrogen) atoms. The molecule has 1 atom stereocenters. The number of rotatable bonds is 14. The average molecular weight is 616 g/mol. The smallest absolute Gasteiger partial charge is 0.264 e. The Morgan fingerprint density at radius 2 is 1.43 bits per heavy atom. The highest BCUT2D eigenvalue weighted by molar-refractivity contribution is 7.92. The Kier molecular flexibility index (Phi) is 11.6. The number of hydrogen-bond donors (Lipinski definition) is 1. The molecule has 0 heterocycles. The number of ether oxygens (including phenoxy) is 2. The number of amides is 2. The number of hydrogen-bond acceptors (Lipinski definition) is 6. The Labute approximate surface area is 253 Å². The van der Waals surface area contributed by atoms with Gasteiger partial charge in [-0.3, -0.25) is 13.9 Å². The van der Waals surface area contributed by atoms with E-state index < -0.39 is 28.5 Å². The van der Waals surface area contributed by atoms with Gasteiger partial charge in [-0.15, -0.1) is 0 Å². The fraction of sp³-hybridized carbons (Fsp3) is 0.355. The van der Waals surface area contributed by atoms with E-state index in [9.17, 15) is 18.0 Å². The van der Waals surface area contributed by atoms with E-state index in [1.807, 2.05) is 32.9 Å². The van der Waals surface area contributed by atoms with Crippen molar-refractivity contribution in [3.05, 3.63) is 83.4 Å². The van der Waals surface area contributed by atoms with Crippen molar-refractivity contribution in [2.24, 2.45) is 5.92 Å². The summed E-state index contributed by atoms with van der Waals surface area (Å²) in [5, 5.41) is 3.34. The number of nitrogens with one attached hydrogen (secondary N) is 1. The van der Waals surface area contributed by atoms with Crippen molar-refractivity contribution < 1.29 is 27.5 Å². The molecule has 0 aliphatic heterocycles. The summed E-state index contributed by atoms with van der Waals surface area (Å²) in [5.74, 6) is 0.519. The van der Waals surface area contributed by atoms with Crippen LogP contribution < -0.4 is 19.1 Å². The first kappa shape index (κ1) is 32.8. The molecule has 0 aliphatic rings. The minimum atomic E-state index is -4.21. The third-order valence-corrected chi connectivity index (χ3v) is 8.66. The Hall–Kier alpha value is -3.76. The summed E-state index contributed by atoms with van der Waals surface area (Å²) in [6.45, 7) is 5.78. The van der Waals surface area contributed by atoms with Gasteiger partial charge >= 0.3 is 0 Å². The van der Waals surface area contributed by atoms with E-state index in [1.54, 1.807) is 31.4 Å². The Bertz CT molecular complexity index is 1430. The molecule has 3 rings (SSSR count). The van der Waals surface area contributed by atoms with Crippen molar-refractivity contribution in [1.82, 2.24) is 10.2 Å². The van der Waals surface area contributed by atoms with Gasteiger partial charge < -0.3 is 19.7 Å². The Morgan fingerprint density at radius 1 is 0.881 bits per heavy atom. The molecule has 1 N–H and O–H groups in total. The van der Waals surface area contributed by atoms with E-state index in [1.165, 1.54) is 48.4 Å². The molecule has 0 spiro atoms. The second kappa shape index (κ2) is 14.9. The van der Waals surface area contributed by atoms with Crippen molar-refractivity contribution in [1.29, 1.82) is 0 Å². The van der Waals surface area contributed by atoms with Crippen LogP contribution in [-0.4, -0.2) is 58.5 Å². The van der Waals surface area contributed by atoms with Crippen LogP contribution in [0.4, 0.5) is 5.69 Å². The van der Waals surface area contributed by atoms with Gasteiger partial charge in [0.2, 0.25) is 11.8 Å². The predicted molar refractivity (Wildman–Crippen MR) is 164 cm³/mol. The zero-order valence-electron chi connectivity index (χ0n) is 24.5. The summed E-state index contributed by atoms with van der Waals surface area (Å²) in [6, 6.07) is 18.4. The topological polar surface area (TPSA) is 105 Å². The third-order valence-electron chi connectivity index (χ3n) is 6.62. The van der Waals surface area contributed by atoms with E-state index >= 15 is 0 Å². The van der Waals surface area contributed by atoms with E-state index in [2.05, 4.69) is 5.32 Å². The molecular formula is C31H38ClN3O6S. The molecule has 9 nitrogen and oxygen atoms in total. The molecule has 0 bridgehead atoms. The first-order valence-electron chi connectivity index (χ1n) is 13.6. The maximum absolute atomic E-state index is 14.1. The second-order valence-corrected chi connectivity index (χ2v) is 12.4. The highest BCUT2D eigenvalue weighted by Gasteiger charge is 2.33. The van der Waals surface area contributed by atoms with Gasteiger partial charge in [0.05, 0.1) is 24.8 Å². The average Bonchev–Trinajstić information content (AvgIpc) is 2.99. The van der Waals surface area contributed by atoms with Crippen molar-refractivity contribution in [2.75, 3.05) is 31.6 Å². The van der Waals surface area contributed by atoms with Gasteiger partial charge in [-0.05, 0) is 78.6 Å². The maximum Gasteiger partial charge on any atom is 0.264 e. The van der Waals surface area contributed by atoms with Crippen molar-refractivity contribution in [3.63, 3.8) is 0 Å². The molecule has 0 radical (unpaired) electrons. The molecule has 0 aliphatic carbocycles. The van der Waals surface area contributed by atoms with Crippen LogP contribution >= 0.6 is 11.6 Å². The molecule has 1 unspecified atom stereocenters. The lowest BCUT2D eigenvalue weighted by molar-refractivity contribution is -0.140. The van der Waals surface area contributed by atoms with Crippen molar-refractivity contribution in [2.45, 2.75) is 44.7 Å². The first-order chi connectivity index (χ1) is 20.0. The lowest BCUT2D eigenvalue weighted by Gasteiger charge is -2.33.